The number of rotatable bonds is 4. The molecule has 2 atom stereocenters. The van der Waals surface area contributed by atoms with Gasteiger partial charge in [-0.2, -0.15) is 0 Å². The molecule has 0 bridgehead atoms. The van der Waals surface area contributed by atoms with E-state index in [0.29, 0.717) is 12.5 Å². The lowest BCUT2D eigenvalue weighted by Gasteiger charge is -2.28. The second-order valence-electron chi connectivity index (χ2n) is 7.55. The first-order valence-electron chi connectivity index (χ1n) is 9.65. The molecule has 140 valence electrons. The predicted octanol–water partition coefficient (Wildman–Crippen LogP) is 3.31. The van der Waals surface area contributed by atoms with Gasteiger partial charge >= 0.3 is 0 Å². The Hall–Kier alpha value is -2.24. The standard InChI is InChI=1S/C22H25N3OS/c1-15-7-5-8-16(2)21(15)24-20(26)14-25-12-6-9-17(13-25)22-23-18-10-3-4-11-19(18)27-22/h3-5,7-8,10-11,17H,6,9,12-14H2,1-2H3,(H,24,26)/p+1/t17-/m0/s1. The molecule has 1 saturated heterocycles. The molecule has 5 heteroatoms. The van der Waals surface area contributed by atoms with Crippen molar-refractivity contribution in [2.75, 3.05) is 25.0 Å². The third-order valence-corrected chi connectivity index (χ3v) is 6.63. The number of nitrogens with one attached hydrogen (secondary N) is 2. The van der Waals surface area contributed by atoms with E-state index in [2.05, 4.69) is 23.5 Å². The molecule has 2 heterocycles. The van der Waals surface area contributed by atoms with Crippen LogP contribution in [-0.2, 0) is 4.79 Å². The molecule has 1 unspecified atom stereocenters. The van der Waals surface area contributed by atoms with Gasteiger partial charge in [-0.1, -0.05) is 30.3 Å². The molecule has 0 spiro atoms. The molecule has 4 nitrogen and oxygen atoms in total. The second kappa shape index (κ2) is 7.79. The van der Waals surface area contributed by atoms with Crippen LogP contribution >= 0.6 is 11.3 Å². The Balaban J connectivity index is 1.41. The van der Waals surface area contributed by atoms with E-state index in [1.165, 1.54) is 21.0 Å². The van der Waals surface area contributed by atoms with E-state index in [9.17, 15) is 4.79 Å². The number of piperidine rings is 1. The van der Waals surface area contributed by atoms with Crippen LogP contribution in [0.1, 0.15) is 34.9 Å². The zero-order chi connectivity index (χ0) is 18.8. The first-order valence-corrected chi connectivity index (χ1v) is 10.5. The summed E-state index contributed by atoms with van der Waals surface area (Å²) in [6.07, 6.45) is 2.31. The lowest BCUT2D eigenvalue weighted by Crippen LogP contribution is -3.14. The zero-order valence-corrected chi connectivity index (χ0v) is 16.7. The number of quaternary nitrogens is 1. The van der Waals surface area contributed by atoms with Gasteiger partial charge in [-0.3, -0.25) is 4.79 Å². The number of benzene rings is 2. The van der Waals surface area contributed by atoms with Crippen LogP contribution in [0.2, 0.25) is 0 Å². The van der Waals surface area contributed by atoms with Gasteiger partial charge < -0.3 is 10.2 Å². The molecule has 1 aliphatic heterocycles. The summed E-state index contributed by atoms with van der Waals surface area (Å²) in [5.74, 6) is 0.562. The summed E-state index contributed by atoms with van der Waals surface area (Å²) in [4.78, 5) is 18.8. The van der Waals surface area contributed by atoms with Gasteiger partial charge in [-0.25, -0.2) is 4.98 Å². The monoisotopic (exact) mass is 380 g/mol. The molecule has 1 aromatic heterocycles. The van der Waals surface area contributed by atoms with Crippen molar-refractivity contribution in [2.45, 2.75) is 32.6 Å². The maximum atomic E-state index is 12.6. The van der Waals surface area contributed by atoms with Crippen LogP contribution in [-0.4, -0.2) is 30.5 Å². The molecule has 0 aliphatic carbocycles. The lowest BCUT2D eigenvalue weighted by atomic mass is 9.99. The largest absolute Gasteiger partial charge is 0.327 e. The quantitative estimate of drug-likeness (QED) is 0.729. The Labute approximate surface area is 164 Å². The third-order valence-electron chi connectivity index (χ3n) is 5.43. The molecule has 3 aromatic rings. The molecule has 2 aromatic carbocycles. The van der Waals surface area contributed by atoms with Gasteiger partial charge in [-0.15, -0.1) is 11.3 Å². The van der Waals surface area contributed by atoms with Crippen molar-refractivity contribution >= 4 is 33.1 Å². The topological polar surface area (TPSA) is 46.4 Å². The van der Waals surface area contributed by atoms with Gasteiger partial charge in [0, 0.05) is 5.69 Å². The van der Waals surface area contributed by atoms with Crippen molar-refractivity contribution in [3.63, 3.8) is 0 Å². The molecule has 0 saturated carbocycles. The number of amides is 1. The summed E-state index contributed by atoms with van der Waals surface area (Å²) in [5.41, 5.74) is 4.28. The van der Waals surface area contributed by atoms with Crippen LogP contribution in [0.15, 0.2) is 42.5 Å². The van der Waals surface area contributed by atoms with Gasteiger partial charge in [0.05, 0.1) is 29.2 Å². The van der Waals surface area contributed by atoms with Crippen molar-refractivity contribution in [1.82, 2.24) is 4.98 Å². The van der Waals surface area contributed by atoms with Gasteiger partial charge in [0.1, 0.15) is 5.01 Å². The Bertz CT molecular complexity index is 912. The van der Waals surface area contributed by atoms with Crippen molar-refractivity contribution in [3.8, 4) is 0 Å². The van der Waals surface area contributed by atoms with Gasteiger partial charge in [0.25, 0.3) is 5.91 Å². The fourth-order valence-corrected chi connectivity index (χ4v) is 5.11. The molecule has 2 N–H and O–H groups in total. The number of para-hydroxylation sites is 2. The van der Waals surface area contributed by atoms with Crippen LogP contribution in [0.4, 0.5) is 5.69 Å². The van der Waals surface area contributed by atoms with Gasteiger partial charge in [0.15, 0.2) is 6.54 Å². The maximum Gasteiger partial charge on any atom is 0.279 e. The highest BCUT2D eigenvalue weighted by molar-refractivity contribution is 7.18. The molecule has 1 fully saturated rings. The van der Waals surface area contributed by atoms with Crippen LogP contribution in [0.5, 0.6) is 0 Å². The zero-order valence-electron chi connectivity index (χ0n) is 15.9. The predicted molar refractivity (Wildman–Crippen MR) is 112 cm³/mol. The van der Waals surface area contributed by atoms with Gasteiger partial charge in [-0.05, 0) is 49.9 Å². The van der Waals surface area contributed by atoms with Crippen molar-refractivity contribution in [2.24, 2.45) is 0 Å². The third kappa shape index (κ3) is 4.04. The number of thiazole rings is 1. The number of aryl methyl sites for hydroxylation is 2. The number of fused-ring (bicyclic) bond motifs is 1. The summed E-state index contributed by atoms with van der Waals surface area (Å²) in [7, 11) is 0. The Kier molecular flexibility index (Phi) is 5.23. The summed E-state index contributed by atoms with van der Waals surface area (Å²) in [5, 5.41) is 4.35. The molecular formula is C22H26N3OS+. The summed E-state index contributed by atoms with van der Waals surface area (Å²) in [6, 6.07) is 14.4. The Morgan fingerprint density at radius 1 is 1.19 bits per heavy atom. The van der Waals surface area contributed by atoms with Crippen molar-refractivity contribution in [1.29, 1.82) is 0 Å². The van der Waals surface area contributed by atoms with E-state index < -0.39 is 0 Å². The van der Waals surface area contributed by atoms with E-state index in [0.717, 1.165) is 41.8 Å². The SMILES string of the molecule is Cc1cccc(C)c1NC(=O)C[NH+]1CCC[C@H](c2nc3ccccc3s2)C1. The smallest absolute Gasteiger partial charge is 0.279 e. The first kappa shape index (κ1) is 18.1. The highest BCUT2D eigenvalue weighted by Gasteiger charge is 2.28. The van der Waals surface area contributed by atoms with Crippen LogP contribution < -0.4 is 10.2 Å². The minimum absolute atomic E-state index is 0.104. The molecule has 1 aliphatic rings. The molecule has 27 heavy (non-hydrogen) atoms. The molecular weight excluding hydrogens is 354 g/mol. The van der Waals surface area contributed by atoms with Crippen LogP contribution in [0.3, 0.4) is 0 Å². The van der Waals surface area contributed by atoms with Gasteiger partial charge in [0.2, 0.25) is 0 Å². The molecule has 0 radical (unpaired) electrons. The number of hydrogen-bond acceptors (Lipinski definition) is 3. The van der Waals surface area contributed by atoms with E-state index in [-0.39, 0.29) is 5.91 Å². The molecule has 4 rings (SSSR count). The number of carbonyl (C=O) groups excluding carboxylic acids is 1. The number of anilines is 1. The summed E-state index contributed by atoms with van der Waals surface area (Å²) in [6.45, 7) is 6.65. The fraction of sp³-hybridized carbons (Fsp3) is 0.364. The van der Waals surface area contributed by atoms with Crippen molar-refractivity contribution in [3.05, 3.63) is 58.6 Å². The number of nitrogens with zero attached hydrogens (tertiary/aromatic N) is 1. The fourth-order valence-electron chi connectivity index (χ4n) is 4.01. The van der Waals surface area contributed by atoms with E-state index >= 15 is 0 Å². The average Bonchev–Trinajstić information content (AvgIpc) is 3.09. The minimum atomic E-state index is 0.104. The number of carbonyl (C=O) groups is 1. The average molecular weight is 381 g/mol. The van der Waals surface area contributed by atoms with Crippen molar-refractivity contribution < 1.29 is 9.69 Å². The first-order chi connectivity index (χ1) is 13.1. The Morgan fingerprint density at radius 3 is 2.74 bits per heavy atom. The minimum Gasteiger partial charge on any atom is -0.327 e. The van der Waals surface area contributed by atoms with Crippen LogP contribution in [0.25, 0.3) is 10.2 Å². The van der Waals surface area contributed by atoms with Crippen LogP contribution in [0, 0.1) is 13.8 Å². The number of hydrogen-bond donors (Lipinski definition) is 2. The highest BCUT2D eigenvalue weighted by atomic mass is 32.1. The highest BCUT2D eigenvalue weighted by Crippen LogP contribution is 2.30. The molecule has 1 amide bonds. The van der Waals surface area contributed by atoms with E-state index in [4.69, 9.17) is 4.98 Å². The summed E-state index contributed by atoms with van der Waals surface area (Å²) < 4.78 is 1.26. The number of likely N-dealkylation sites (tertiary alicyclic amines) is 1. The second-order valence-corrected chi connectivity index (χ2v) is 8.62. The number of aromatic nitrogens is 1. The Morgan fingerprint density at radius 2 is 1.96 bits per heavy atom. The summed E-state index contributed by atoms with van der Waals surface area (Å²) >= 11 is 1.81. The maximum absolute atomic E-state index is 12.6. The van der Waals surface area contributed by atoms with E-state index in [1.807, 2.05) is 38.1 Å². The normalized spacial score (nSPS) is 19.9. The lowest BCUT2D eigenvalue weighted by molar-refractivity contribution is -0.898. The van der Waals surface area contributed by atoms with E-state index in [1.54, 1.807) is 11.3 Å².